The van der Waals surface area contributed by atoms with E-state index in [-0.39, 0.29) is 24.5 Å². The number of carboxylic acids is 1. The summed E-state index contributed by atoms with van der Waals surface area (Å²) in [5.41, 5.74) is 6.68. The SMILES string of the molecule is Cc1cc2c(cc1F)nc(SCC(=O)O)n2CCC(N)=O. The van der Waals surface area contributed by atoms with Gasteiger partial charge in [0.25, 0.3) is 0 Å². The van der Waals surface area contributed by atoms with Gasteiger partial charge in [-0.25, -0.2) is 9.37 Å². The molecule has 0 aliphatic rings. The number of carbonyl (C=O) groups is 2. The zero-order valence-corrected chi connectivity index (χ0v) is 12.1. The lowest BCUT2D eigenvalue weighted by Crippen LogP contribution is -2.14. The number of nitrogens with two attached hydrogens (primary N) is 1. The molecular weight excluding hydrogens is 297 g/mol. The number of nitrogens with zero attached hydrogens (tertiary/aromatic N) is 2. The summed E-state index contributed by atoms with van der Waals surface area (Å²) in [6.45, 7) is 1.91. The van der Waals surface area contributed by atoms with Gasteiger partial charge in [-0.3, -0.25) is 9.59 Å². The van der Waals surface area contributed by atoms with E-state index in [0.717, 1.165) is 11.8 Å². The monoisotopic (exact) mass is 311 g/mol. The van der Waals surface area contributed by atoms with Crippen molar-refractivity contribution in [3.63, 3.8) is 0 Å². The highest BCUT2D eigenvalue weighted by molar-refractivity contribution is 7.99. The molecule has 1 aromatic carbocycles. The van der Waals surface area contributed by atoms with Crippen molar-refractivity contribution in [2.75, 3.05) is 5.75 Å². The number of thioether (sulfide) groups is 1. The zero-order valence-electron chi connectivity index (χ0n) is 11.3. The number of aromatic nitrogens is 2. The Morgan fingerprint density at radius 2 is 2.19 bits per heavy atom. The molecule has 1 amide bonds. The summed E-state index contributed by atoms with van der Waals surface area (Å²) in [7, 11) is 0. The molecule has 21 heavy (non-hydrogen) atoms. The number of rotatable bonds is 6. The first kappa shape index (κ1) is 15.3. The van der Waals surface area contributed by atoms with Crippen LogP contribution in [-0.2, 0) is 16.1 Å². The second-order valence-electron chi connectivity index (χ2n) is 4.53. The first-order valence-electron chi connectivity index (χ1n) is 6.17. The third-order valence-corrected chi connectivity index (χ3v) is 3.86. The number of amides is 1. The van der Waals surface area contributed by atoms with Gasteiger partial charge in [0.1, 0.15) is 5.82 Å². The van der Waals surface area contributed by atoms with Crippen molar-refractivity contribution < 1.29 is 19.1 Å². The van der Waals surface area contributed by atoms with Crippen LogP contribution in [-0.4, -0.2) is 32.3 Å². The van der Waals surface area contributed by atoms with E-state index in [2.05, 4.69) is 4.98 Å². The van der Waals surface area contributed by atoms with Crippen molar-refractivity contribution in [1.82, 2.24) is 9.55 Å². The van der Waals surface area contributed by atoms with Crippen LogP contribution in [0.25, 0.3) is 11.0 Å². The standard InChI is InChI=1S/C13H14FN3O3S/c1-7-4-10-9(5-8(7)14)16-13(21-6-12(19)20)17(10)3-2-11(15)18/h4-5H,2-3,6H2,1H3,(H2,15,18)(H,19,20). The van der Waals surface area contributed by atoms with E-state index < -0.39 is 11.9 Å². The molecule has 0 atom stereocenters. The average Bonchev–Trinajstić information content (AvgIpc) is 2.71. The van der Waals surface area contributed by atoms with Gasteiger partial charge in [-0.2, -0.15) is 0 Å². The van der Waals surface area contributed by atoms with Gasteiger partial charge < -0.3 is 15.4 Å². The van der Waals surface area contributed by atoms with Crippen LogP contribution in [0.3, 0.4) is 0 Å². The van der Waals surface area contributed by atoms with E-state index in [1.165, 1.54) is 6.07 Å². The lowest BCUT2D eigenvalue weighted by Gasteiger charge is -2.07. The van der Waals surface area contributed by atoms with E-state index in [9.17, 15) is 14.0 Å². The van der Waals surface area contributed by atoms with Crippen LogP contribution in [0.5, 0.6) is 0 Å². The molecule has 112 valence electrons. The van der Waals surface area contributed by atoms with Crippen LogP contribution in [0.15, 0.2) is 17.3 Å². The lowest BCUT2D eigenvalue weighted by atomic mass is 10.2. The fourth-order valence-electron chi connectivity index (χ4n) is 1.90. The Labute approximate surface area is 124 Å². The van der Waals surface area contributed by atoms with E-state index >= 15 is 0 Å². The number of benzene rings is 1. The summed E-state index contributed by atoms with van der Waals surface area (Å²) in [5.74, 6) is -1.99. The molecule has 3 N–H and O–H groups in total. The summed E-state index contributed by atoms with van der Waals surface area (Å²) >= 11 is 1.02. The molecule has 0 saturated carbocycles. The topological polar surface area (TPSA) is 98.2 Å². The second kappa shape index (κ2) is 6.13. The summed E-state index contributed by atoms with van der Waals surface area (Å²) in [6, 6.07) is 2.93. The Morgan fingerprint density at radius 3 is 2.81 bits per heavy atom. The van der Waals surface area contributed by atoms with Crippen LogP contribution in [0.1, 0.15) is 12.0 Å². The smallest absolute Gasteiger partial charge is 0.313 e. The number of hydrogen-bond acceptors (Lipinski definition) is 4. The van der Waals surface area contributed by atoms with E-state index in [1.54, 1.807) is 17.6 Å². The predicted molar refractivity (Wildman–Crippen MR) is 76.6 cm³/mol. The van der Waals surface area contributed by atoms with Crippen molar-refractivity contribution in [2.45, 2.75) is 25.0 Å². The Bertz CT molecular complexity index is 714. The van der Waals surface area contributed by atoms with Gasteiger partial charge in [-0.1, -0.05) is 11.8 Å². The Hall–Kier alpha value is -2.09. The Balaban J connectivity index is 2.46. The maximum atomic E-state index is 13.6. The molecule has 0 aliphatic heterocycles. The second-order valence-corrected chi connectivity index (χ2v) is 5.48. The molecule has 0 spiro atoms. The van der Waals surface area contributed by atoms with Crippen LogP contribution < -0.4 is 5.73 Å². The van der Waals surface area contributed by atoms with Gasteiger partial charge in [-0.15, -0.1) is 0 Å². The maximum absolute atomic E-state index is 13.6. The predicted octanol–water partition coefficient (Wildman–Crippen LogP) is 1.54. The van der Waals surface area contributed by atoms with Gasteiger partial charge in [0.2, 0.25) is 5.91 Å². The molecule has 0 unspecified atom stereocenters. The summed E-state index contributed by atoms with van der Waals surface area (Å²) < 4.78 is 15.3. The quantitative estimate of drug-likeness (QED) is 0.788. The van der Waals surface area contributed by atoms with Gasteiger partial charge in [0.05, 0.1) is 16.8 Å². The number of imidazole rings is 1. The first-order chi connectivity index (χ1) is 9.88. The van der Waals surface area contributed by atoms with Crippen LogP contribution in [0.4, 0.5) is 4.39 Å². The highest BCUT2D eigenvalue weighted by atomic mass is 32.2. The molecule has 1 heterocycles. The molecule has 0 aliphatic carbocycles. The first-order valence-corrected chi connectivity index (χ1v) is 7.16. The van der Waals surface area contributed by atoms with Gasteiger partial charge >= 0.3 is 5.97 Å². The Morgan fingerprint density at radius 1 is 1.48 bits per heavy atom. The number of aliphatic carboxylic acids is 1. The molecule has 8 heteroatoms. The number of hydrogen-bond donors (Lipinski definition) is 2. The van der Waals surface area contributed by atoms with Crippen molar-refractivity contribution in [3.05, 3.63) is 23.5 Å². The molecular formula is C13H14FN3O3S. The van der Waals surface area contributed by atoms with Crippen LogP contribution >= 0.6 is 11.8 Å². The fraction of sp³-hybridized carbons (Fsp3) is 0.308. The van der Waals surface area contributed by atoms with Crippen molar-refractivity contribution in [2.24, 2.45) is 5.73 Å². The highest BCUT2D eigenvalue weighted by Gasteiger charge is 2.15. The van der Waals surface area contributed by atoms with E-state index in [4.69, 9.17) is 10.8 Å². The minimum Gasteiger partial charge on any atom is -0.481 e. The number of fused-ring (bicyclic) bond motifs is 1. The summed E-state index contributed by atoms with van der Waals surface area (Å²) in [6.07, 6.45) is 0.0997. The van der Waals surface area contributed by atoms with Gasteiger partial charge in [0.15, 0.2) is 5.16 Å². The highest BCUT2D eigenvalue weighted by Crippen LogP contribution is 2.26. The van der Waals surface area contributed by atoms with Crippen LogP contribution in [0, 0.1) is 12.7 Å². The number of carboxylic acid groups (broad SMARTS) is 1. The van der Waals surface area contributed by atoms with Crippen LogP contribution in [0.2, 0.25) is 0 Å². The molecule has 0 radical (unpaired) electrons. The minimum atomic E-state index is -0.976. The molecule has 2 rings (SSSR count). The Kier molecular flexibility index (Phi) is 4.46. The molecule has 0 bridgehead atoms. The zero-order chi connectivity index (χ0) is 15.6. The molecule has 2 aromatic rings. The van der Waals surface area contributed by atoms with Crippen molar-refractivity contribution in [3.8, 4) is 0 Å². The van der Waals surface area contributed by atoms with Gasteiger partial charge in [0, 0.05) is 19.0 Å². The number of halogens is 1. The number of primary amides is 1. The fourth-order valence-corrected chi connectivity index (χ4v) is 2.66. The largest absolute Gasteiger partial charge is 0.481 e. The van der Waals surface area contributed by atoms with Gasteiger partial charge in [-0.05, 0) is 18.6 Å². The molecule has 0 fully saturated rings. The third kappa shape index (κ3) is 3.52. The number of aryl methyl sites for hydroxylation is 2. The molecule has 0 saturated heterocycles. The maximum Gasteiger partial charge on any atom is 0.313 e. The normalized spacial score (nSPS) is 11.0. The third-order valence-electron chi connectivity index (χ3n) is 2.90. The van der Waals surface area contributed by atoms with Crippen molar-refractivity contribution >= 4 is 34.7 Å². The van der Waals surface area contributed by atoms with E-state index in [0.29, 0.717) is 21.8 Å². The molecule has 1 aromatic heterocycles. The lowest BCUT2D eigenvalue weighted by molar-refractivity contribution is -0.134. The van der Waals surface area contributed by atoms with Crippen molar-refractivity contribution in [1.29, 1.82) is 0 Å². The van der Waals surface area contributed by atoms with E-state index in [1.807, 2.05) is 0 Å². The summed E-state index contributed by atoms with van der Waals surface area (Å²) in [5, 5.41) is 9.18. The average molecular weight is 311 g/mol. The summed E-state index contributed by atoms with van der Waals surface area (Å²) in [4.78, 5) is 25.9. The number of carbonyl (C=O) groups excluding carboxylic acids is 1. The molecule has 6 nitrogen and oxygen atoms in total. The minimum absolute atomic E-state index is 0.0997.